The topological polar surface area (TPSA) is 65.4 Å². The molecule has 4 rings (SSSR count). The van der Waals surface area contributed by atoms with Gasteiger partial charge in [0.25, 0.3) is 0 Å². The molecule has 6 heteroatoms. The number of hydrogen-bond acceptors (Lipinski definition) is 3. The van der Waals surface area contributed by atoms with Gasteiger partial charge in [-0.25, -0.2) is 4.99 Å². The molecule has 0 saturated carbocycles. The zero-order valence-corrected chi connectivity index (χ0v) is 12.5. The van der Waals surface area contributed by atoms with Crippen LogP contribution >= 0.6 is 23.2 Å². The number of Topliss-reactive ketones (excluding diaryl/α,β-unsaturated/α-hetero) is 1. The van der Waals surface area contributed by atoms with Crippen molar-refractivity contribution in [2.75, 3.05) is 0 Å². The second-order valence-electron chi connectivity index (χ2n) is 4.94. The lowest BCUT2D eigenvalue weighted by Gasteiger charge is -2.02. The number of aromatic amines is 1. The van der Waals surface area contributed by atoms with Crippen LogP contribution in [0.4, 0.5) is 5.69 Å². The third-order valence-electron chi connectivity index (χ3n) is 3.67. The summed E-state index contributed by atoms with van der Waals surface area (Å²) in [6, 6.07) is 10.3. The Bertz CT molecular complexity index is 989. The summed E-state index contributed by atoms with van der Waals surface area (Å²) in [5, 5.41) is 11.3. The summed E-state index contributed by atoms with van der Waals surface area (Å²) < 4.78 is 0. The predicted octanol–water partition coefficient (Wildman–Crippen LogP) is 4.50. The van der Waals surface area contributed by atoms with E-state index in [1.54, 1.807) is 36.4 Å². The number of H-pyrrole nitrogens is 1. The van der Waals surface area contributed by atoms with Crippen molar-refractivity contribution in [3.63, 3.8) is 0 Å². The van der Waals surface area contributed by atoms with Gasteiger partial charge in [-0.3, -0.25) is 4.79 Å². The second kappa shape index (κ2) is 4.60. The van der Waals surface area contributed by atoms with Crippen molar-refractivity contribution in [3.8, 4) is 5.88 Å². The molecule has 108 valence electrons. The van der Waals surface area contributed by atoms with Crippen molar-refractivity contribution in [2.24, 2.45) is 4.99 Å². The van der Waals surface area contributed by atoms with Gasteiger partial charge in [-0.05, 0) is 24.3 Å². The van der Waals surface area contributed by atoms with Gasteiger partial charge in [0, 0.05) is 10.9 Å². The van der Waals surface area contributed by atoms with Crippen LogP contribution in [0.2, 0.25) is 10.0 Å². The van der Waals surface area contributed by atoms with Gasteiger partial charge in [-0.15, -0.1) is 0 Å². The highest BCUT2D eigenvalue weighted by Gasteiger charge is 2.30. The van der Waals surface area contributed by atoms with E-state index < -0.39 is 0 Å². The smallest absolute Gasteiger partial charge is 0.214 e. The summed E-state index contributed by atoms with van der Waals surface area (Å²) >= 11 is 12.3. The van der Waals surface area contributed by atoms with Gasteiger partial charge >= 0.3 is 0 Å². The lowest BCUT2D eigenvalue weighted by atomic mass is 10.0. The van der Waals surface area contributed by atoms with Gasteiger partial charge in [0.05, 0.1) is 26.8 Å². The number of ketones is 1. The fraction of sp³-hybridized carbons (Fsp3) is 0. The number of nitrogens with one attached hydrogen (secondary N) is 1. The summed E-state index contributed by atoms with van der Waals surface area (Å²) in [5.41, 5.74) is 2.12. The van der Waals surface area contributed by atoms with Crippen LogP contribution in [0, 0.1) is 0 Å². The van der Waals surface area contributed by atoms with Gasteiger partial charge in [-0.1, -0.05) is 35.3 Å². The lowest BCUT2D eigenvalue weighted by molar-refractivity contribution is 0.107. The molecule has 0 atom stereocenters. The zero-order valence-electron chi connectivity index (χ0n) is 11.0. The van der Waals surface area contributed by atoms with E-state index in [0.717, 1.165) is 0 Å². The minimum atomic E-state index is -0.247. The van der Waals surface area contributed by atoms with Gasteiger partial charge in [0.2, 0.25) is 5.78 Å². The lowest BCUT2D eigenvalue weighted by Crippen LogP contribution is -2.10. The van der Waals surface area contributed by atoms with Crippen molar-refractivity contribution < 1.29 is 9.90 Å². The molecule has 3 aromatic rings. The Balaban J connectivity index is 2.03. The second-order valence-corrected chi connectivity index (χ2v) is 5.72. The van der Waals surface area contributed by atoms with E-state index in [1.165, 1.54) is 0 Å². The largest absolute Gasteiger partial charge is 0.494 e. The average Bonchev–Trinajstić information content (AvgIpc) is 3.01. The average molecular weight is 331 g/mol. The molecule has 1 aromatic heterocycles. The number of aliphatic imine (C=N–C) groups is 1. The number of benzene rings is 2. The normalized spacial score (nSPS) is 13.5. The molecule has 0 radical (unpaired) electrons. The zero-order chi connectivity index (χ0) is 15.4. The highest BCUT2D eigenvalue weighted by atomic mass is 35.5. The van der Waals surface area contributed by atoms with Crippen molar-refractivity contribution in [1.29, 1.82) is 0 Å². The highest BCUT2D eigenvalue weighted by Crippen LogP contribution is 2.40. The molecule has 1 aliphatic rings. The number of aromatic nitrogens is 1. The maximum Gasteiger partial charge on any atom is 0.214 e. The first-order valence-corrected chi connectivity index (χ1v) is 7.25. The predicted molar refractivity (Wildman–Crippen MR) is 87.0 cm³/mol. The first-order chi connectivity index (χ1) is 10.6. The van der Waals surface area contributed by atoms with Gasteiger partial charge in [0.1, 0.15) is 5.71 Å². The number of fused-ring (bicyclic) bond motifs is 2. The van der Waals surface area contributed by atoms with Gasteiger partial charge in [-0.2, -0.15) is 0 Å². The maximum absolute atomic E-state index is 12.6. The number of aromatic hydroxyl groups is 1. The van der Waals surface area contributed by atoms with E-state index in [1.807, 2.05) is 0 Å². The Labute approximate surface area is 135 Å². The van der Waals surface area contributed by atoms with Crippen molar-refractivity contribution in [3.05, 3.63) is 57.6 Å². The van der Waals surface area contributed by atoms with E-state index in [0.29, 0.717) is 27.2 Å². The molecular formula is C16H8Cl2N2O2. The molecular weight excluding hydrogens is 323 g/mol. The number of carbonyl (C=O) groups is 1. The van der Waals surface area contributed by atoms with Crippen molar-refractivity contribution in [1.82, 2.24) is 4.98 Å². The number of hydrogen-bond donors (Lipinski definition) is 2. The van der Waals surface area contributed by atoms with Crippen LogP contribution < -0.4 is 0 Å². The summed E-state index contributed by atoms with van der Waals surface area (Å²) in [7, 11) is 0. The number of rotatable bonds is 1. The Hall–Kier alpha value is -2.30. The molecule has 0 spiro atoms. The molecule has 2 heterocycles. The Morgan fingerprint density at radius 1 is 1.09 bits per heavy atom. The summed E-state index contributed by atoms with van der Waals surface area (Å²) in [4.78, 5) is 19.7. The SMILES string of the molecule is O=C1C(c2c(O)[nH]c3ccc(Cl)c(Cl)c23)=Nc2ccccc21. The molecule has 0 unspecified atom stereocenters. The van der Waals surface area contributed by atoms with Crippen LogP contribution in [0.5, 0.6) is 5.88 Å². The van der Waals surface area contributed by atoms with E-state index in [9.17, 15) is 9.90 Å². The van der Waals surface area contributed by atoms with E-state index >= 15 is 0 Å². The molecule has 22 heavy (non-hydrogen) atoms. The third kappa shape index (κ3) is 1.71. The number of carbonyl (C=O) groups excluding carboxylic acids is 1. The van der Waals surface area contributed by atoms with Gasteiger partial charge < -0.3 is 10.1 Å². The van der Waals surface area contributed by atoms with E-state index in [4.69, 9.17) is 23.2 Å². The summed E-state index contributed by atoms with van der Waals surface area (Å²) in [6.07, 6.45) is 0. The molecule has 0 amide bonds. The first-order valence-electron chi connectivity index (χ1n) is 6.49. The van der Waals surface area contributed by atoms with Crippen LogP contribution in [-0.2, 0) is 0 Å². The fourth-order valence-electron chi connectivity index (χ4n) is 2.67. The maximum atomic E-state index is 12.6. The molecule has 1 aliphatic heterocycles. The van der Waals surface area contributed by atoms with Gasteiger partial charge in [0.15, 0.2) is 5.88 Å². The molecule has 4 nitrogen and oxygen atoms in total. The standard InChI is InChI=1S/C16H8Cl2N2O2/c17-8-5-6-10-11(13(8)18)12(16(22)20-10)14-15(21)7-3-1-2-4-9(7)19-14/h1-6,20,22H. The number of halogens is 2. The molecule has 0 fully saturated rings. The number of nitrogens with zero attached hydrogens (tertiary/aromatic N) is 1. The number of para-hydroxylation sites is 1. The van der Waals surface area contributed by atoms with Crippen LogP contribution in [0.1, 0.15) is 15.9 Å². The fourth-order valence-corrected chi connectivity index (χ4v) is 3.09. The molecule has 0 aliphatic carbocycles. The highest BCUT2D eigenvalue weighted by molar-refractivity contribution is 6.58. The summed E-state index contributed by atoms with van der Waals surface area (Å²) in [5.74, 6) is -0.401. The van der Waals surface area contributed by atoms with Crippen LogP contribution in [0.3, 0.4) is 0 Å². The molecule has 0 saturated heterocycles. The molecule has 2 aromatic carbocycles. The van der Waals surface area contributed by atoms with Crippen LogP contribution in [-0.4, -0.2) is 21.6 Å². The van der Waals surface area contributed by atoms with E-state index in [-0.39, 0.29) is 28.0 Å². The Morgan fingerprint density at radius 3 is 2.64 bits per heavy atom. The Kier molecular flexibility index (Phi) is 2.79. The Morgan fingerprint density at radius 2 is 1.86 bits per heavy atom. The van der Waals surface area contributed by atoms with Crippen molar-refractivity contribution in [2.45, 2.75) is 0 Å². The molecule has 0 bridgehead atoms. The van der Waals surface area contributed by atoms with E-state index in [2.05, 4.69) is 9.98 Å². The van der Waals surface area contributed by atoms with Crippen molar-refractivity contribution >= 4 is 51.3 Å². The molecule has 2 N–H and O–H groups in total. The minimum Gasteiger partial charge on any atom is -0.494 e. The minimum absolute atomic E-state index is 0.154. The quantitative estimate of drug-likeness (QED) is 0.690. The first kappa shape index (κ1) is 13.4. The van der Waals surface area contributed by atoms with Crippen LogP contribution in [0.15, 0.2) is 41.4 Å². The summed E-state index contributed by atoms with van der Waals surface area (Å²) in [6.45, 7) is 0. The monoisotopic (exact) mass is 330 g/mol. The third-order valence-corrected chi connectivity index (χ3v) is 4.47. The van der Waals surface area contributed by atoms with Crippen LogP contribution in [0.25, 0.3) is 10.9 Å².